The van der Waals surface area contributed by atoms with Gasteiger partial charge in [0.25, 0.3) is 11.8 Å². The number of hydrogen-bond donors (Lipinski definition) is 0. The molecule has 0 aromatic heterocycles. The van der Waals surface area contributed by atoms with E-state index >= 15 is 0 Å². The van der Waals surface area contributed by atoms with Crippen LogP contribution in [0.1, 0.15) is 27.0 Å². The van der Waals surface area contributed by atoms with Crippen molar-refractivity contribution in [3.8, 4) is 0 Å². The minimum atomic E-state index is -1.12. The summed E-state index contributed by atoms with van der Waals surface area (Å²) in [5, 5.41) is 0. The predicted octanol–water partition coefficient (Wildman–Crippen LogP) is 4.72. The summed E-state index contributed by atoms with van der Waals surface area (Å²) in [5.74, 6) is -0.280. The molecule has 156 valence electrons. The lowest BCUT2D eigenvalue weighted by Gasteiger charge is -2.33. The summed E-state index contributed by atoms with van der Waals surface area (Å²) in [4.78, 5) is 29.6. The molecule has 3 aromatic rings. The molecular weight excluding hydrogens is 411 g/mol. The molecule has 0 N–H and O–H groups in total. The molecule has 0 saturated carbocycles. The van der Waals surface area contributed by atoms with Crippen LogP contribution < -0.4 is 4.90 Å². The van der Waals surface area contributed by atoms with Crippen molar-refractivity contribution in [2.75, 3.05) is 17.2 Å². The van der Waals surface area contributed by atoms with Gasteiger partial charge in [0.1, 0.15) is 5.82 Å². The number of benzene rings is 3. The number of carbonyl (C=O) groups excluding carboxylic acids is 2. The molecule has 3 aromatic carbocycles. The van der Waals surface area contributed by atoms with Crippen LogP contribution in [0.3, 0.4) is 0 Å². The first-order chi connectivity index (χ1) is 15.0. The van der Waals surface area contributed by atoms with Crippen LogP contribution in [0, 0.1) is 12.7 Å². The molecule has 5 rings (SSSR count). The first kappa shape index (κ1) is 19.8. The second kappa shape index (κ2) is 7.54. The van der Waals surface area contributed by atoms with E-state index in [1.165, 1.54) is 30.0 Å². The van der Waals surface area contributed by atoms with Gasteiger partial charge in [-0.3, -0.25) is 9.59 Å². The number of thioether (sulfide) groups is 1. The highest BCUT2D eigenvalue weighted by Crippen LogP contribution is 2.54. The standard InChI is InChI=1S/C25H21FN2O2S/c1-17-6-4-7-18(14-17)16-27-22-11-3-2-10-21(22)25(24(27)30)28(12-13-31-25)23(29)19-8-5-9-20(26)15-19/h2-11,14-15H,12-13,16H2,1H3/t25-/m1/s1. The summed E-state index contributed by atoms with van der Waals surface area (Å²) in [7, 11) is 0. The second-order valence-corrected chi connectivity index (χ2v) is 9.14. The summed E-state index contributed by atoms with van der Waals surface area (Å²) in [6.45, 7) is 2.89. The van der Waals surface area contributed by atoms with Gasteiger partial charge in [0.05, 0.1) is 12.2 Å². The van der Waals surface area contributed by atoms with Crippen LogP contribution in [0.15, 0.2) is 72.8 Å². The maximum atomic E-state index is 13.9. The van der Waals surface area contributed by atoms with Crippen LogP contribution in [0.2, 0.25) is 0 Å². The van der Waals surface area contributed by atoms with Crippen LogP contribution in [-0.4, -0.2) is 29.0 Å². The highest BCUT2D eigenvalue weighted by molar-refractivity contribution is 8.01. The van der Waals surface area contributed by atoms with E-state index in [-0.39, 0.29) is 17.4 Å². The maximum Gasteiger partial charge on any atom is 0.268 e. The van der Waals surface area contributed by atoms with Crippen molar-refractivity contribution in [2.45, 2.75) is 18.3 Å². The Labute approximate surface area is 184 Å². The van der Waals surface area contributed by atoms with Gasteiger partial charge in [0.2, 0.25) is 0 Å². The molecule has 4 nitrogen and oxygen atoms in total. The van der Waals surface area contributed by atoms with Crippen molar-refractivity contribution in [1.29, 1.82) is 0 Å². The largest absolute Gasteiger partial charge is 0.311 e. The van der Waals surface area contributed by atoms with Crippen LogP contribution >= 0.6 is 11.8 Å². The van der Waals surface area contributed by atoms with Crippen molar-refractivity contribution in [2.24, 2.45) is 0 Å². The van der Waals surface area contributed by atoms with Gasteiger partial charge >= 0.3 is 0 Å². The maximum absolute atomic E-state index is 13.9. The van der Waals surface area contributed by atoms with E-state index < -0.39 is 10.7 Å². The van der Waals surface area contributed by atoms with Crippen molar-refractivity contribution in [1.82, 2.24) is 4.90 Å². The van der Waals surface area contributed by atoms with Gasteiger partial charge in [-0.05, 0) is 36.8 Å². The Morgan fingerprint density at radius 3 is 2.68 bits per heavy atom. The van der Waals surface area contributed by atoms with Crippen molar-refractivity contribution < 1.29 is 14.0 Å². The normalized spacial score (nSPS) is 19.9. The van der Waals surface area contributed by atoms with Crippen LogP contribution in [0.4, 0.5) is 10.1 Å². The molecular formula is C25H21FN2O2S. The zero-order chi connectivity index (χ0) is 21.6. The van der Waals surface area contributed by atoms with E-state index in [1.807, 2.05) is 49.4 Å². The third kappa shape index (κ3) is 3.13. The average Bonchev–Trinajstić information content (AvgIpc) is 3.31. The first-order valence-corrected chi connectivity index (χ1v) is 11.2. The van der Waals surface area contributed by atoms with Gasteiger partial charge < -0.3 is 9.80 Å². The number of hydrogen-bond acceptors (Lipinski definition) is 3. The van der Waals surface area contributed by atoms with E-state index in [0.29, 0.717) is 18.8 Å². The van der Waals surface area contributed by atoms with Crippen molar-refractivity contribution >= 4 is 29.3 Å². The van der Waals surface area contributed by atoms with Gasteiger partial charge in [-0.25, -0.2) is 4.39 Å². The topological polar surface area (TPSA) is 40.6 Å². The molecule has 0 radical (unpaired) electrons. The minimum Gasteiger partial charge on any atom is -0.311 e. The van der Waals surface area contributed by atoms with Crippen LogP contribution in [0.25, 0.3) is 0 Å². The summed E-state index contributed by atoms with van der Waals surface area (Å²) in [6.07, 6.45) is 0. The first-order valence-electron chi connectivity index (χ1n) is 10.2. The Bertz CT molecular complexity index is 1200. The third-order valence-corrected chi connectivity index (χ3v) is 7.26. The number of amides is 2. The molecule has 1 atom stereocenters. The SMILES string of the molecule is Cc1cccc(CN2C(=O)[C@]3(SCCN3C(=O)c3cccc(F)c3)c3ccccc32)c1. The zero-order valence-corrected chi connectivity index (χ0v) is 17.9. The Hall–Kier alpha value is -3.12. The Balaban J connectivity index is 1.58. The lowest BCUT2D eigenvalue weighted by molar-refractivity contribution is -0.123. The van der Waals surface area contributed by atoms with Crippen molar-refractivity contribution in [3.63, 3.8) is 0 Å². The lowest BCUT2D eigenvalue weighted by Crippen LogP contribution is -2.50. The van der Waals surface area contributed by atoms with Crippen molar-refractivity contribution in [3.05, 3.63) is 101 Å². The molecule has 0 bridgehead atoms. The summed E-state index contributed by atoms with van der Waals surface area (Å²) < 4.78 is 13.8. The molecule has 2 heterocycles. The molecule has 1 saturated heterocycles. The van der Waals surface area contributed by atoms with E-state index in [2.05, 4.69) is 6.07 Å². The predicted molar refractivity (Wildman–Crippen MR) is 120 cm³/mol. The van der Waals surface area contributed by atoms with E-state index in [9.17, 15) is 14.0 Å². The molecule has 2 aliphatic heterocycles. The van der Waals surface area contributed by atoms with Gasteiger partial charge in [0, 0.05) is 23.4 Å². The minimum absolute atomic E-state index is 0.123. The number of anilines is 1. The van der Waals surface area contributed by atoms with Gasteiger partial charge in [-0.2, -0.15) is 0 Å². The van der Waals surface area contributed by atoms with E-state index in [0.717, 1.165) is 22.4 Å². The fourth-order valence-corrected chi connectivity index (χ4v) is 5.96. The third-order valence-electron chi connectivity index (χ3n) is 5.84. The lowest BCUT2D eigenvalue weighted by atomic mass is 10.0. The number of nitrogens with zero attached hydrogens (tertiary/aromatic N) is 2. The Kier molecular flexibility index (Phi) is 4.82. The number of para-hydroxylation sites is 1. The number of halogens is 1. The molecule has 31 heavy (non-hydrogen) atoms. The summed E-state index contributed by atoms with van der Waals surface area (Å²) in [6, 6.07) is 21.4. The highest BCUT2D eigenvalue weighted by atomic mass is 32.2. The van der Waals surface area contributed by atoms with Crippen LogP contribution in [-0.2, 0) is 16.2 Å². The molecule has 1 spiro atoms. The Morgan fingerprint density at radius 2 is 1.87 bits per heavy atom. The monoisotopic (exact) mass is 432 g/mol. The molecule has 0 aliphatic carbocycles. The molecule has 2 aliphatic rings. The molecule has 2 amide bonds. The summed E-state index contributed by atoms with van der Waals surface area (Å²) >= 11 is 1.48. The quantitative estimate of drug-likeness (QED) is 0.601. The highest BCUT2D eigenvalue weighted by Gasteiger charge is 2.59. The zero-order valence-electron chi connectivity index (χ0n) is 17.0. The molecule has 1 fully saturated rings. The molecule has 6 heteroatoms. The number of fused-ring (bicyclic) bond motifs is 2. The Morgan fingerprint density at radius 1 is 1.06 bits per heavy atom. The van der Waals surface area contributed by atoms with Crippen LogP contribution in [0.5, 0.6) is 0 Å². The van der Waals surface area contributed by atoms with E-state index in [4.69, 9.17) is 0 Å². The van der Waals surface area contributed by atoms with Gasteiger partial charge in [-0.1, -0.05) is 54.1 Å². The second-order valence-electron chi connectivity index (χ2n) is 7.86. The number of rotatable bonds is 3. The smallest absolute Gasteiger partial charge is 0.268 e. The number of carbonyl (C=O) groups is 2. The molecule has 0 unspecified atom stereocenters. The van der Waals surface area contributed by atoms with E-state index in [1.54, 1.807) is 15.9 Å². The fraction of sp³-hybridized carbons (Fsp3) is 0.200. The fourth-order valence-electron chi connectivity index (χ4n) is 4.50. The van der Waals surface area contributed by atoms with Gasteiger partial charge in [-0.15, -0.1) is 11.8 Å². The van der Waals surface area contributed by atoms with Gasteiger partial charge in [0.15, 0.2) is 4.87 Å². The number of aryl methyl sites for hydroxylation is 1. The average molecular weight is 433 g/mol. The summed E-state index contributed by atoms with van der Waals surface area (Å²) in [5.41, 5.74) is 4.06.